The Bertz CT molecular complexity index is 617. The van der Waals surface area contributed by atoms with Crippen molar-refractivity contribution in [3.63, 3.8) is 0 Å². The summed E-state index contributed by atoms with van der Waals surface area (Å²) < 4.78 is 5.07. The predicted octanol–water partition coefficient (Wildman–Crippen LogP) is 3.12. The van der Waals surface area contributed by atoms with Gasteiger partial charge in [-0.25, -0.2) is 0 Å². The summed E-state index contributed by atoms with van der Waals surface area (Å²) in [6.07, 6.45) is 0.891. The van der Waals surface area contributed by atoms with Crippen molar-refractivity contribution in [1.29, 1.82) is 0 Å². The molecule has 4 nitrogen and oxygen atoms in total. The summed E-state index contributed by atoms with van der Waals surface area (Å²) in [5.41, 5.74) is 1.90. The fraction of sp³-hybridized carbons (Fsp3) is 0.235. The number of nitrogens with one attached hydrogen (secondary N) is 2. The Hall–Kier alpha value is -2.04. The SMILES string of the molecule is COc1ccc(NC(=O)CNCCc2ccccc2)cc1Cl. The zero-order valence-corrected chi connectivity index (χ0v) is 13.2. The van der Waals surface area contributed by atoms with Crippen molar-refractivity contribution in [3.8, 4) is 5.75 Å². The molecule has 0 heterocycles. The van der Waals surface area contributed by atoms with Crippen LogP contribution in [0.3, 0.4) is 0 Å². The maximum absolute atomic E-state index is 11.8. The number of benzene rings is 2. The molecule has 5 heteroatoms. The Balaban J connectivity index is 1.73. The predicted molar refractivity (Wildman–Crippen MR) is 89.6 cm³/mol. The number of methoxy groups -OCH3 is 1. The first-order valence-corrected chi connectivity index (χ1v) is 7.45. The highest BCUT2D eigenvalue weighted by atomic mass is 35.5. The second-order valence-corrected chi connectivity index (χ2v) is 5.22. The van der Waals surface area contributed by atoms with E-state index in [9.17, 15) is 4.79 Å². The summed E-state index contributed by atoms with van der Waals surface area (Å²) >= 11 is 6.02. The van der Waals surface area contributed by atoms with Crippen LogP contribution in [-0.4, -0.2) is 26.1 Å². The Morgan fingerprint density at radius 2 is 1.95 bits per heavy atom. The molecule has 0 aliphatic carbocycles. The van der Waals surface area contributed by atoms with E-state index in [1.807, 2.05) is 18.2 Å². The molecule has 22 heavy (non-hydrogen) atoms. The van der Waals surface area contributed by atoms with Crippen LogP contribution in [0, 0.1) is 0 Å². The van der Waals surface area contributed by atoms with Crippen molar-refractivity contribution in [1.82, 2.24) is 5.32 Å². The molecule has 0 aliphatic heterocycles. The topological polar surface area (TPSA) is 50.4 Å². The second kappa shape index (κ2) is 8.41. The molecule has 0 saturated heterocycles. The van der Waals surface area contributed by atoms with Crippen molar-refractivity contribution < 1.29 is 9.53 Å². The zero-order chi connectivity index (χ0) is 15.8. The third-order valence-corrected chi connectivity index (χ3v) is 3.45. The molecule has 0 aliphatic rings. The van der Waals surface area contributed by atoms with Crippen LogP contribution < -0.4 is 15.4 Å². The minimum atomic E-state index is -0.103. The monoisotopic (exact) mass is 318 g/mol. The van der Waals surface area contributed by atoms with Gasteiger partial charge in [-0.05, 0) is 36.7 Å². The quantitative estimate of drug-likeness (QED) is 0.771. The lowest BCUT2D eigenvalue weighted by Crippen LogP contribution is -2.29. The number of hydrogen-bond acceptors (Lipinski definition) is 3. The van der Waals surface area contributed by atoms with Gasteiger partial charge in [0.05, 0.1) is 18.7 Å². The number of anilines is 1. The number of hydrogen-bond donors (Lipinski definition) is 2. The van der Waals surface area contributed by atoms with Crippen molar-refractivity contribution in [3.05, 3.63) is 59.1 Å². The molecule has 2 rings (SSSR count). The smallest absolute Gasteiger partial charge is 0.238 e. The highest BCUT2D eigenvalue weighted by molar-refractivity contribution is 6.32. The van der Waals surface area contributed by atoms with E-state index in [0.717, 1.165) is 13.0 Å². The van der Waals surface area contributed by atoms with Crippen LogP contribution >= 0.6 is 11.6 Å². The van der Waals surface area contributed by atoms with Gasteiger partial charge in [-0.2, -0.15) is 0 Å². The maximum Gasteiger partial charge on any atom is 0.238 e. The zero-order valence-electron chi connectivity index (χ0n) is 12.4. The average Bonchev–Trinajstić information content (AvgIpc) is 2.53. The number of carbonyl (C=O) groups excluding carboxylic acids is 1. The fourth-order valence-corrected chi connectivity index (χ4v) is 2.29. The number of halogens is 1. The van der Waals surface area contributed by atoms with Crippen LogP contribution in [0.1, 0.15) is 5.56 Å². The third kappa shape index (κ3) is 5.06. The highest BCUT2D eigenvalue weighted by Crippen LogP contribution is 2.27. The van der Waals surface area contributed by atoms with Gasteiger partial charge < -0.3 is 15.4 Å². The van der Waals surface area contributed by atoms with Crippen LogP contribution in [-0.2, 0) is 11.2 Å². The van der Waals surface area contributed by atoms with Crippen LogP contribution in [0.25, 0.3) is 0 Å². The van der Waals surface area contributed by atoms with E-state index in [1.54, 1.807) is 25.3 Å². The summed E-state index contributed by atoms with van der Waals surface area (Å²) in [5.74, 6) is 0.481. The van der Waals surface area contributed by atoms with E-state index in [0.29, 0.717) is 16.5 Å². The summed E-state index contributed by atoms with van der Waals surface area (Å²) in [6, 6.07) is 15.3. The van der Waals surface area contributed by atoms with Gasteiger partial charge in [0, 0.05) is 5.69 Å². The second-order valence-electron chi connectivity index (χ2n) is 4.81. The summed E-state index contributed by atoms with van der Waals surface area (Å²) in [6.45, 7) is 1.01. The first-order chi connectivity index (χ1) is 10.7. The molecule has 2 aromatic rings. The molecule has 0 aromatic heterocycles. The van der Waals surface area contributed by atoms with Gasteiger partial charge in [0.1, 0.15) is 5.75 Å². The molecule has 0 bridgehead atoms. The molecule has 0 spiro atoms. The van der Waals surface area contributed by atoms with E-state index in [4.69, 9.17) is 16.3 Å². The van der Waals surface area contributed by atoms with Crippen molar-refractivity contribution in [2.45, 2.75) is 6.42 Å². The van der Waals surface area contributed by atoms with Gasteiger partial charge in [-0.15, -0.1) is 0 Å². The molecule has 0 saturated carbocycles. The van der Waals surface area contributed by atoms with Crippen LogP contribution in [0.15, 0.2) is 48.5 Å². The van der Waals surface area contributed by atoms with E-state index in [2.05, 4.69) is 22.8 Å². The highest BCUT2D eigenvalue weighted by Gasteiger charge is 2.05. The first kappa shape index (κ1) is 16.3. The molecule has 1 amide bonds. The minimum absolute atomic E-state index is 0.103. The Labute approximate surface area is 135 Å². The van der Waals surface area contributed by atoms with E-state index in [-0.39, 0.29) is 12.5 Å². The molecule has 2 N–H and O–H groups in total. The fourth-order valence-electron chi connectivity index (χ4n) is 2.03. The average molecular weight is 319 g/mol. The molecular formula is C17H19ClN2O2. The van der Waals surface area contributed by atoms with Crippen LogP contribution in [0.4, 0.5) is 5.69 Å². The van der Waals surface area contributed by atoms with Crippen molar-refractivity contribution in [2.24, 2.45) is 0 Å². The van der Waals surface area contributed by atoms with Gasteiger partial charge >= 0.3 is 0 Å². The molecule has 116 valence electrons. The normalized spacial score (nSPS) is 10.3. The largest absolute Gasteiger partial charge is 0.495 e. The molecule has 2 aromatic carbocycles. The van der Waals surface area contributed by atoms with Gasteiger partial charge in [0.15, 0.2) is 0 Å². The summed E-state index contributed by atoms with van der Waals surface area (Å²) in [4.78, 5) is 11.8. The lowest BCUT2D eigenvalue weighted by atomic mass is 10.1. The molecule has 0 fully saturated rings. The number of ether oxygens (including phenoxy) is 1. The number of carbonyl (C=O) groups is 1. The summed E-state index contributed by atoms with van der Waals surface area (Å²) in [7, 11) is 1.55. The third-order valence-electron chi connectivity index (χ3n) is 3.15. The lowest BCUT2D eigenvalue weighted by molar-refractivity contribution is -0.115. The van der Waals surface area contributed by atoms with E-state index in [1.165, 1.54) is 5.56 Å². The van der Waals surface area contributed by atoms with Gasteiger partial charge in [-0.1, -0.05) is 41.9 Å². The maximum atomic E-state index is 11.8. The molecule has 0 radical (unpaired) electrons. The standard InChI is InChI=1S/C17H19ClN2O2/c1-22-16-8-7-14(11-15(16)18)20-17(21)12-19-10-9-13-5-3-2-4-6-13/h2-8,11,19H,9-10,12H2,1H3,(H,20,21). The first-order valence-electron chi connectivity index (χ1n) is 7.07. The Kier molecular flexibility index (Phi) is 6.25. The lowest BCUT2D eigenvalue weighted by Gasteiger charge is -2.09. The number of rotatable bonds is 7. The molecular weight excluding hydrogens is 300 g/mol. The van der Waals surface area contributed by atoms with Crippen molar-refractivity contribution >= 4 is 23.2 Å². The number of amides is 1. The van der Waals surface area contributed by atoms with Crippen molar-refractivity contribution in [2.75, 3.05) is 25.5 Å². The van der Waals surface area contributed by atoms with Gasteiger partial charge in [0.2, 0.25) is 5.91 Å². The van der Waals surface area contributed by atoms with Crippen LogP contribution in [0.5, 0.6) is 5.75 Å². The van der Waals surface area contributed by atoms with Crippen LogP contribution in [0.2, 0.25) is 5.02 Å². The Morgan fingerprint density at radius 3 is 2.64 bits per heavy atom. The van der Waals surface area contributed by atoms with Gasteiger partial charge in [-0.3, -0.25) is 4.79 Å². The van der Waals surface area contributed by atoms with Gasteiger partial charge in [0.25, 0.3) is 0 Å². The molecule has 0 unspecified atom stereocenters. The minimum Gasteiger partial charge on any atom is -0.495 e. The van der Waals surface area contributed by atoms with E-state index >= 15 is 0 Å². The summed E-state index contributed by atoms with van der Waals surface area (Å²) in [5, 5.41) is 6.38. The molecule has 0 atom stereocenters. The van der Waals surface area contributed by atoms with E-state index < -0.39 is 0 Å². The Morgan fingerprint density at radius 1 is 1.18 bits per heavy atom.